The van der Waals surface area contributed by atoms with E-state index in [0.717, 1.165) is 0 Å². The fraction of sp³-hybridized carbons (Fsp3) is 0.857. The SMILES string of the molecule is CO[C@]1(C)OC[C@@H](/C(C)=C\[Si](C)(C)C)O[C@@]1(C)OC. The topological polar surface area (TPSA) is 36.9 Å². The number of methoxy groups -OCH3 is 2. The van der Waals surface area contributed by atoms with Crippen LogP contribution >= 0.6 is 0 Å². The Morgan fingerprint density at radius 1 is 1.16 bits per heavy atom. The van der Waals surface area contributed by atoms with E-state index in [1.807, 2.05) is 13.8 Å². The van der Waals surface area contributed by atoms with Crippen molar-refractivity contribution in [3.05, 3.63) is 11.3 Å². The maximum absolute atomic E-state index is 6.12. The molecule has 0 spiro atoms. The van der Waals surface area contributed by atoms with Crippen LogP contribution in [0.4, 0.5) is 0 Å². The molecule has 1 aliphatic heterocycles. The molecule has 4 nitrogen and oxygen atoms in total. The van der Waals surface area contributed by atoms with Crippen molar-refractivity contribution in [2.75, 3.05) is 20.8 Å². The van der Waals surface area contributed by atoms with E-state index in [4.69, 9.17) is 18.9 Å². The maximum Gasteiger partial charge on any atom is 0.220 e. The maximum atomic E-state index is 6.12. The lowest BCUT2D eigenvalue weighted by Gasteiger charge is -2.49. The molecule has 0 aliphatic carbocycles. The van der Waals surface area contributed by atoms with Gasteiger partial charge in [-0.25, -0.2) is 0 Å². The third-order valence-electron chi connectivity index (χ3n) is 3.65. The van der Waals surface area contributed by atoms with Crippen LogP contribution in [0, 0.1) is 0 Å². The third-order valence-corrected chi connectivity index (χ3v) is 4.97. The van der Waals surface area contributed by atoms with Crippen molar-refractivity contribution in [1.29, 1.82) is 0 Å². The van der Waals surface area contributed by atoms with E-state index in [1.165, 1.54) is 5.57 Å². The van der Waals surface area contributed by atoms with Crippen molar-refractivity contribution < 1.29 is 18.9 Å². The first-order valence-corrected chi connectivity index (χ1v) is 10.3. The van der Waals surface area contributed by atoms with Crippen LogP contribution in [0.5, 0.6) is 0 Å². The fourth-order valence-electron chi connectivity index (χ4n) is 2.26. The number of rotatable bonds is 4. The van der Waals surface area contributed by atoms with E-state index in [-0.39, 0.29) is 6.10 Å². The summed E-state index contributed by atoms with van der Waals surface area (Å²) in [6, 6.07) is 0. The first-order valence-electron chi connectivity index (χ1n) is 6.68. The van der Waals surface area contributed by atoms with E-state index in [2.05, 4.69) is 32.3 Å². The molecule has 3 atom stereocenters. The van der Waals surface area contributed by atoms with Crippen LogP contribution in [0.1, 0.15) is 20.8 Å². The first kappa shape index (κ1) is 16.9. The normalized spacial score (nSPS) is 37.5. The van der Waals surface area contributed by atoms with Gasteiger partial charge in [0.2, 0.25) is 11.6 Å². The predicted molar refractivity (Wildman–Crippen MR) is 78.8 cm³/mol. The van der Waals surface area contributed by atoms with Gasteiger partial charge in [-0.05, 0) is 20.8 Å². The molecule has 19 heavy (non-hydrogen) atoms. The van der Waals surface area contributed by atoms with Crippen LogP contribution in [0.3, 0.4) is 0 Å². The van der Waals surface area contributed by atoms with Gasteiger partial charge in [0.05, 0.1) is 14.7 Å². The molecule has 0 N–H and O–H groups in total. The van der Waals surface area contributed by atoms with Crippen molar-refractivity contribution in [2.45, 2.75) is 58.1 Å². The molecule has 0 aromatic carbocycles. The molecule has 0 saturated carbocycles. The van der Waals surface area contributed by atoms with Crippen molar-refractivity contribution in [3.63, 3.8) is 0 Å². The number of hydrogen-bond acceptors (Lipinski definition) is 4. The zero-order valence-electron chi connectivity index (χ0n) is 13.5. The summed E-state index contributed by atoms with van der Waals surface area (Å²) in [4.78, 5) is 0. The molecule has 1 rings (SSSR count). The Kier molecular flexibility index (Phi) is 5.02. The summed E-state index contributed by atoms with van der Waals surface area (Å²) in [6.07, 6.45) is -0.0834. The molecule has 0 aromatic heterocycles. The first-order chi connectivity index (χ1) is 8.57. The lowest BCUT2D eigenvalue weighted by molar-refractivity contribution is -0.426. The standard InChI is InChI=1S/C14H28O4Si/c1-11(10-19(6,7)8)12-9-17-13(2,15-4)14(3,16-5)18-12/h10,12H,9H2,1-8H3/b11-10-/t12-,13+,14+/m0/s1. The summed E-state index contributed by atoms with van der Waals surface area (Å²) < 4.78 is 22.9. The predicted octanol–water partition coefficient (Wildman–Crippen LogP) is 2.95. The van der Waals surface area contributed by atoms with E-state index in [9.17, 15) is 0 Å². The van der Waals surface area contributed by atoms with E-state index in [0.29, 0.717) is 6.61 Å². The van der Waals surface area contributed by atoms with Gasteiger partial charge >= 0.3 is 0 Å². The minimum absolute atomic E-state index is 0.0834. The van der Waals surface area contributed by atoms with Gasteiger partial charge in [-0.3, -0.25) is 0 Å². The van der Waals surface area contributed by atoms with Crippen LogP contribution in [-0.2, 0) is 18.9 Å². The summed E-state index contributed by atoms with van der Waals surface area (Å²) in [5.41, 5.74) is 3.55. The summed E-state index contributed by atoms with van der Waals surface area (Å²) in [7, 11) is 1.94. The number of hydrogen-bond donors (Lipinski definition) is 0. The molecule has 5 heteroatoms. The monoisotopic (exact) mass is 288 g/mol. The molecule has 0 radical (unpaired) electrons. The minimum Gasteiger partial charge on any atom is -0.349 e. The lowest BCUT2D eigenvalue weighted by atomic mass is 10.1. The Morgan fingerprint density at radius 3 is 2.11 bits per heavy atom. The van der Waals surface area contributed by atoms with Crippen LogP contribution in [0.25, 0.3) is 0 Å². The van der Waals surface area contributed by atoms with Gasteiger partial charge in [0, 0.05) is 14.2 Å². The molecule has 1 aliphatic rings. The average molecular weight is 288 g/mol. The van der Waals surface area contributed by atoms with Crippen LogP contribution in [0.15, 0.2) is 11.3 Å². The van der Waals surface area contributed by atoms with Crippen molar-refractivity contribution in [3.8, 4) is 0 Å². The molecular formula is C14H28O4Si. The summed E-state index contributed by atoms with van der Waals surface area (Å²) >= 11 is 0. The molecule has 112 valence electrons. The van der Waals surface area contributed by atoms with E-state index >= 15 is 0 Å². The van der Waals surface area contributed by atoms with Gasteiger partial charge < -0.3 is 18.9 Å². The van der Waals surface area contributed by atoms with Crippen molar-refractivity contribution in [1.82, 2.24) is 0 Å². The smallest absolute Gasteiger partial charge is 0.220 e. The lowest BCUT2D eigenvalue weighted by Crippen LogP contribution is -2.62. The van der Waals surface area contributed by atoms with Crippen molar-refractivity contribution in [2.24, 2.45) is 0 Å². The molecule has 0 aromatic rings. The van der Waals surface area contributed by atoms with Gasteiger partial charge in [0.1, 0.15) is 6.10 Å². The Hall–Kier alpha value is -0.203. The third kappa shape index (κ3) is 3.67. The summed E-state index contributed by atoms with van der Waals surface area (Å²) in [5.74, 6) is -1.81. The summed E-state index contributed by atoms with van der Waals surface area (Å²) in [6.45, 7) is 13.2. The van der Waals surface area contributed by atoms with Crippen molar-refractivity contribution >= 4 is 8.07 Å². The highest BCUT2D eigenvalue weighted by Gasteiger charge is 2.53. The van der Waals surface area contributed by atoms with Gasteiger partial charge in [-0.1, -0.05) is 30.9 Å². The molecule has 0 bridgehead atoms. The second-order valence-corrected chi connectivity index (χ2v) is 11.5. The Morgan fingerprint density at radius 2 is 1.68 bits per heavy atom. The molecule has 1 heterocycles. The highest BCUT2D eigenvalue weighted by Crippen LogP contribution is 2.38. The van der Waals surface area contributed by atoms with Crippen LogP contribution in [-0.4, -0.2) is 46.6 Å². The summed E-state index contributed by atoms with van der Waals surface area (Å²) in [5, 5.41) is 0. The zero-order valence-corrected chi connectivity index (χ0v) is 14.5. The Balaban J connectivity index is 2.93. The zero-order chi connectivity index (χ0) is 14.9. The quantitative estimate of drug-likeness (QED) is 0.745. The highest BCUT2D eigenvalue weighted by atomic mass is 28.3. The second kappa shape index (κ2) is 5.66. The minimum atomic E-state index is -1.27. The van der Waals surface area contributed by atoms with Gasteiger partial charge in [0.25, 0.3) is 0 Å². The molecule has 1 saturated heterocycles. The number of ether oxygens (including phenoxy) is 4. The highest BCUT2D eigenvalue weighted by molar-refractivity contribution is 6.81. The van der Waals surface area contributed by atoms with Crippen LogP contribution in [0.2, 0.25) is 19.6 Å². The molecular weight excluding hydrogens is 260 g/mol. The van der Waals surface area contributed by atoms with E-state index in [1.54, 1.807) is 14.2 Å². The molecule has 0 amide bonds. The molecule has 1 fully saturated rings. The van der Waals surface area contributed by atoms with Crippen LogP contribution < -0.4 is 0 Å². The molecule has 0 unspecified atom stereocenters. The van der Waals surface area contributed by atoms with Gasteiger partial charge in [-0.2, -0.15) is 0 Å². The second-order valence-electron chi connectivity index (χ2n) is 6.47. The fourth-order valence-corrected chi connectivity index (χ4v) is 3.81. The van der Waals surface area contributed by atoms with Gasteiger partial charge in [0.15, 0.2) is 0 Å². The Labute approximate surface area is 118 Å². The van der Waals surface area contributed by atoms with E-state index < -0.39 is 19.6 Å². The Bertz CT molecular complexity index is 350. The van der Waals surface area contributed by atoms with Gasteiger partial charge in [-0.15, -0.1) is 0 Å². The average Bonchev–Trinajstić information content (AvgIpc) is 2.30. The largest absolute Gasteiger partial charge is 0.349 e.